The molecule has 0 aliphatic carbocycles. The minimum atomic E-state index is -0.640. The van der Waals surface area contributed by atoms with Gasteiger partial charge < -0.3 is 25.4 Å². The smallest absolute Gasteiger partial charge is 0.246 e. The third kappa shape index (κ3) is 6.69. The van der Waals surface area contributed by atoms with Gasteiger partial charge in [0.15, 0.2) is 0 Å². The first-order valence-electron chi connectivity index (χ1n) is 12.3. The summed E-state index contributed by atoms with van der Waals surface area (Å²) in [7, 11) is 1.46. The van der Waals surface area contributed by atoms with Gasteiger partial charge in [-0.25, -0.2) is 4.39 Å². The number of hydrogen-bond donors (Lipinski definition) is 3. The minimum Gasteiger partial charge on any atom is -0.495 e. The molecule has 202 valence electrons. The summed E-state index contributed by atoms with van der Waals surface area (Å²) in [5.74, 6) is -0.778. The van der Waals surface area contributed by atoms with E-state index in [1.54, 1.807) is 29.2 Å². The van der Waals surface area contributed by atoms with E-state index in [1.165, 1.54) is 31.4 Å². The molecule has 0 bridgehead atoms. The number of piperazine rings is 1. The fraction of sp³-hybridized carbons (Fsp3) is 0.370. The van der Waals surface area contributed by atoms with E-state index in [-0.39, 0.29) is 41.6 Å². The quantitative estimate of drug-likeness (QED) is 0.440. The van der Waals surface area contributed by atoms with E-state index in [0.29, 0.717) is 49.6 Å². The van der Waals surface area contributed by atoms with E-state index in [1.807, 2.05) is 0 Å². The normalized spacial score (nSPS) is 20.0. The van der Waals surface area contributed by atoms with Gasteiger partial charge in [0, 0.05) is 49.9 Å². The molecule has 2 saturated heterocycles. The maximum Gasteiger partial charge on any atom is 0.246 e. The lowest BCUT2D eigenvalue weighted by atomic mass is 10.1. The minimum absolute atomic E-state index is 0.181. The molecule has 0 aromatic heterocycles. The Bertz CT molecular complexity index is 1220. The molecule has 2 fully saturated rings. The van der Waals surface area contributed by atoms with Crippen LogP contribution in [0.3, 0.4) is 0 Å². The predicted molar refractivity (Wildman–Crippen MR) is 141 cm³/mol. The molecule has 2 aromatic carbocycles. The second kappa shape index (κ2) is 12.4. The van der Waals surface area contributed by atoms with Gasteiger partial charge in [0.1, 0.15) is 17.6 Å². The van der Waals surface area contributed by atoms with Crippen molar-refractivity contribution in [2.24, 2.45) is 0 Å². The van der Waals surface area contributed by atoms with Gasteiger partial charge in [-0.2, -0.15) is 0 Å². The van der Waals surface area contributed by atoms with E-state index in [4.69, 9.17) is 16.3 Å². The maximum atomic E-state index is 13.2. The van der Waals surface area contributed by atoms with Crippen LogP contribution in [-0.2, 0) is 20.9 Å². The summed E-state index contributed by atoms with van der Waals surface area (Å²) in [5.41, 5.74) is 1.81. The van der Waals surface area contributed by atoms with Gasteiger partial charge in [-0.05, 0) is 42.3 Å². The van der Waals surface area contributed by atoms with Crippen LogP contribution in [-0.4, -0.2) is 78.1 Å². The van der Waals surface area contributed by atoms with E-state index >= 15 is 0 Å². The highest BCUT2D eigenvalue weighted by atomic mass is 35.5. The molecule has 0 spiro atoms. The van der Waals surface area contributed by atoms with Gasteiger partial charge in [0.05, 0.1) is 24.8 Å². The zero-order valence-electron chi connectivity index (χ0n) is 21.0. The van der Waals surface area contributed by atoms with E-state index in [9.17, 15) is 23.9 Å². The van der Waals surface area contributed by atoms with Crippen molar-refractivity contribution in [1.82, 2.24) is 15.1 Å². The van der Waals surface area contributed by atoms with Crippen molar-refractivity contribution < 1.29 is 28.6 Å². The molecular weight excluding hydrogens is 515 g/mol. The number of benzene rings is 2. The van der Waals surface area contributed by atoms with Gasteiger partial charge in [0.25, 0.3) is 0 Å². The number of nitrogens with one attached hydrogen (secondary N) is 2. The van der Waals surface area contributed by atoms with Crippen LogP contribution < -0.4 is 15.4 Å². The summed E-state index contributed by atoms with van der Waals surface area (Å²) in [5, 5.41) is 15.7. The van der Waals surface area contributed by atoms with Crippen molar-refractivity contribution >= 4 is 41.1 Å². The Hall–Kier alpha value is -3.47. The van der Waals surface area contributed by atoms with E-state index in [2.05, 4.69) is 15.5 Å². The van der Waals surface area contributed by atoms with Crippen LogP contribution in [0.5, 0.6) is 5.75 Å². The first-order valence-corrected chi connectivity index (χ1v) is 12.7. The van der Waals surface area contributed by atoms with Crippen LogP contribution >= 0.6 is 11.6 Å². The number of carbonyl (C=O) groups excluding carboxylic acids is 3. The molecule has 11 heteroatoms. The molecule has 3 amide bonds. The average molecular weight is 545 g/mol. The van der Waals surface area contributed by atoms with Crippen molar-refractivity contribution in [3.05, 3.63) is 64.4 Å². The third-order valence-corrected chi connectivity index (χ3v) is 6.97. The van der Waals surface area contributed by atoms with Crippen molar-refractivity contribution in [2.75, 3.05) is 38.7 Å². The fourth-order valence-corrected chi connectivity index (χ4v) is 4.86. The van der Waals surface area contributed by atoms with Crippen molar-refractivity contribution in [3.63, 3.8) is 0 Å². The van der Waals surface area contributed by atoms with Gasteiger partial charge >= 0.3 is 0 Å². The topological polar surface area (TPSA) is 111 Å². The molecule has 0 saturated carbocycles. The number of ether oxygens (including phenoxy) is 1. The molecule has 9 nitrogen and oxygen atoms in total. The number of halogens is 2. The summed E-state index contributed by atoms with van der Waals surface area (Å²) in [6, 6.07) is 8.36. The number of nitrogens with zero attached hydrogens (tertiary/aromatic N) is 2. The first-order chi connectivity index (χ1) is 18.3. The molecule has 2 aliphatic heterocycles. The summed E-state index contributed by atoms with van der Waals surface area (Å²) in [6.45, 7) is 1.85. The number of hydrogen-bond acceptors (Lipinski definition) is 6. The van der Waals surface area contributed by atoms with Gasteiger partial charge in [-0.3, -0.25) is 19.3 Å². The Kier molecular flexibility index (Phi) is 8.98. The van der Waals surface area contributed by atoms with Gasteiger partial charge in [0.2, 0.25) is 17.7 Å². The van der Waals surface area contributed by atoms with Crippen LogP contribution in [0.15, 0.2) is 42.5 Å². The molecule has 2 aliphatic rings. The highest BCUT2D eigenvalue weighted by Crippen LogP contribution is 2.32. The second-order valence-corrected chi connectivity index (χ2v) is 9.69. The zero-order valence-corrected chi connectivity index (χ0v) is 21.7. The summed E-state index contributed by atoms with van der Waals surface area (Å²) in [6.07, 6.45) is 3.62. The first kappa shape index (κ1) is 27.6. The molecule has 38 heavy (non-hydrogen) atoms. The molecule has 4 rings (SSSR count). The summed E-state index contributed by atoms with van der Waals surface area (Å²) in [4.78, 5) is 41.0. The molecule has 2 heterocycles. The van der Waals surface area contributed by atoms with Crippen molar-refractivity contribution in [2.45, 2.75) is 31.5 Å². The second-order valence-electron chi connectivity index (χ2n) is 9.28. The number of aliphatic hydroxyl groups is 1. The number of anilines is 1. The van der Waals surface area contributed by atoms with E-state index < -0.39 is 12.1 Å². The Morgan fingerprint density at radius 2 is 2.03 bits per heavy atom. The number of rotatable bonds is 8. The Morgan fingerprint density at radius 1 is 1.26 bits per heavy atom. The number of methoxy groups -OCH3 is 1. The molecule has 1 unspecified atom stereocenters. The number of aliphatic hydroxyl groups excluding tert-OH is 1. The molecule has 3 N–H and O–H groups in total. The Morgan fingerprint density at radius 3 is 2.68 bits per heavy atom. The highest BCUT2D eigenvalue weighted by molar-refractivity contribution is 6.32. The van der Waals surface area contributed by atoms with Crippen molar-refractivity contribution in [1.29, 1.82) is 0 Å². The van der Waals surface area contributed by atoms with Crippen LogP contribution in [0.4, 0.5) is 10.1 Å². The van der Waals surface area contributed by atoms with Crippen molar-refractivity contribution in [3.8, 4) is 5.75 Å². The third-order valence-electron chi connectivity index (χ3n) is 6.68. The van der Waals surface area contributed by atoms with Crippen LogP contribution in [0.25, 0.3) is 6.08 Å². The molecule has 0 radical (unpaired) electrons. The largest absolute Gasteiger partial charge is 0.495 e. The lowest BCUT2D eigenvalue weighted by molar-refractivity contribution is -0.132. The average Bonchev–Trinajstić information content (AvgIpc) is 3.35. The zero-order chi connectivity index (χ0) is 27.2. The SMILES string of the molecule is COc1cc(/C=C/C(=O)N2CCN(Cc3ccc(F)cc3)C[C@H]2CO)c(NC(=O)C2CCC(=O)N2)cc1Cl. The molecule has 2 atom stereocenters. The van der Waals surface area contributed by atoms with Gasteiger partial charge in [-0.15, -0.1) is 0 Å². The molecular formula is C27H30ClFN4O5. The Balaban J connectivity index is 1.45. The maximum absolute atomic E-state index is 13.2. The highest BCUT2D eigenvalue weighted by Gasteiger charge is 2.30. The van der Waals surface area contributed by atoms with Crippen LogP contribution in [0, 0.1) is 5.82 Å². The van der Waals surface area contributed by atoms with Crippen LogP contribution in [0.1, 0.15) is 24.0 Å². The van der Waals surface area contributed by atoms with E-state index in [0.717, 1.165) is 5.56 Å². The van der Waals surface area contributed by atoms with Crippen LogP contribution in [0.2, 0.25) is 5.02 Å². The Labute approximate surface area is 225 Å². The van der Waals surface area contributed by atoms with Gasteiger partial charge in [-0.1, -0.05) is 23.7 Å². The predicted octanol–water partition coefficient (Wildman–Crippen LogP) is 2.42. The standard InChI is InChI=1S/C27H30ClFN4O5/c1-38-24-12-18(23(13-21(24)28)31-27(37)22-7-8-25(35)30-22)4-9-26(36)33-11-10-32(15-20(33)16-34)14-17-2-5-19(29)6-3-17/h2-6,9,12-13,20,22,34H,7-8,10-11,14-16H2,1H3,(H,30,35)(H,31,37)/b9-4+/t20-,22?/m0/s1. The summed E-state index contributed by atoms with van der Waals surface area (Å²) >= 11 is 6.27. The molecule has 2 aromatic rings. The monoisotopic (exact) mass is 544 g/mol. The summed E-state index contributed by atoms with van der Waals surface area (Å²) < 4.78 is 18.5. The number of amides is 3. The number of carbonyl (C=O) groups is 3. The fourth-order valence-electron chi connectivity index (χ4n) is 4.62. The lowest BCUT2D eigenvalue weighted by Gasteiger charge is -2.40. The lowest BCUT2D eigenvalue weighted by Crippen LogP contribution is -2.55.